The molecule has 25 heavy (non-hydrogen) atoms. The number of hydrogen-bond acceptors (Lipinski definition) is 4. The molecule has 1 saturated heterocycles. The molecule has 1 aromatic heterocycles. The van der Waals surface area contributed by atoms with E-state index >= 15 is 0 Å². The van der Waals surface area contributed by atoms with Gasteiger partial charge in [-0.25, -0.2) is 0 Å². The summed E-state index contributed by atoms with van der Waals surface area (Å²) in [7, 11) is 0. The van der Waals surface area contributed by atoms with E-state index in [1.54, 1.807) is 25.1 Å². The predicted molar refractivity (Wildman–Crippen MR) is 89.0 cm³/mol. The number of benzene rings is 1. The normalized spacial score (nSPS) is 14.9. The third-order valence-electron chi connectivity index (χ3n) is 4.06. The molecule has 2 aromatic rings. The number of carbonyl (C=O) groups excluding carboxylic acids is 1. The molecule has 1 amide bonds. The average molecular weight is 350 g/mol. The number of amides is 1. The minimum Gasteiger partial charge on any atom is -0.455 e. The second-order valence-electron chi connectivity index (χ2n) is 6.08. The van der Waals surface area contributed by atoms with E-state index in [1.807, 2.05) is 0 Å². The number of rotatable bonds is 6. The van der Waals surface area contributed by atoms with Crippen LogP contribution in [0.4, 0.5) is 14.5 Å². The Hall–Kier alpha value is -2.41. The van der Waals surface area contributed by atoms with E-state index in [0.29, 0.717) is 12.3 Å². The van der Waals surface area contributed by atoms with Crippen LogP contribution in [0.25, 0.3) is 0 Å². The standard InChI is InChI=1S/C18H20F2N2O3/c1-12-4-6-14(16(10-12)25-18(19)20)21-17(23)15-7-5-13(24-15)11-22-8-2-3-9-22/h4-7,10,18H,2-3,8-9,11H2,1H3,(H,21,23). The number of furan rings is 1. The van der Waals surface area contributed by atoms with Gasteiger partial charge in [-0.2, -0.15) is 8.78 Å². The Balaban J connectivity index is 1.69. The zero-order chi connectivity index (χ0) is 17.8. The van der Waals surface area contributed by atoms with Crippen LogP contribution in [0.1, 0.15) is 34.7 Å². The number of likely N-dealkylation sites (tertiary alicyclic amines) is 1. The van der Waals surface area contributed by atoms with E-state index in [4.69, 9.17) is 4.42 Å². The Morgan fingerprint density at radius 1 is 1.28 bits per heavy atom. The van der Waals surface area contributed by atoms with Crippen LogP contribution in [0, 0.1) is 6.92 Å². The third kappa shape index (κ3) is 4.57. The van der Waals surface area contributed by atoms with Crippen LogP contribution < -0.4 is 10.1 Å². The summed E-state index contributed by atoms with van der Waals surface area (Å²) >= 11 is 0. The maximum Gasteiger partial charge on any atom is 0.387 e. The first-order chi connectivity index (χ1) is 12.0. The highest BCUT2D eigenvalue weighted by molar-refractivity contribution is 6.03. The van der Waals surface area contributed by atoms with Crippen LogP contribution in [0.5, 0.6) is 5.75 Å². The van der Waals surface area contributed by atoms with Gasteiger partial charge in [0.1, 0.15) is 11.5 Å². The van der Waals surface area contributed by atoms with Crippen molar-refractivity contribution in [3.8, 4) is 5.75 Å². The third-order valence-corrected chi connectivity index (χ3v) is 4.06. The number of nitrogens with one attached hydrogen (secondary N) is 1. The highest BCUT2D eigenvalue weighted by Crippen LogP contribution is 2.28. The lowest BCUT2D eigenvalue weighted by Crippen LogP contribution is -2.18. The topological polar surface area (TPSA) is 54.7 Å². The molecule has 0 unspecified atom stereocenters. The highest BCUT2D eigenvalue weighted by atomic mass is 19.3. The molecule has 0 radical (unpaired) electrons. The van der Waals surface area contributed by atoms with Crippen molar-refractivity contribution >= 4 is 11.6 Å². The van der Waals surface area contributed by atoms with Crippen molar-refractivity contribution in [1.82, 2.24) is 4.90 Å². The Kier molecular flexibility index (Phi) is 5.33. The smallest absolute Gasteiger partial charge is 0.387 e. The fourth-order valence-corrected chi connectivity index (χ4v) is 2.86. The minimum absolute atomic E-state index is 0.0767. The fraction of sp³-hybridized carbons (Fsp3) is 0.389. The van der Waals surface area contributed by atoms with Gasteiger partial charge < -0.3 is 14.5 Å². The molecule has 2 heterocycles. The van der Waals surface area contributed by atoms with Crippen molar-refractivity contribution in [3.05, 3.63) is 47.4 Å². The van der Waals surface area contributed by atoms with Gasteiger partial charge >= 0.3 is 6.61 Å². The molecule has 0 bridgehead atoms. The summed E-state index contributed by atoms with van der Waals surface area (Å²) < 4.78 is 35.1. The number of halogens is 2. The lowest BCUT2D eigenvalue weighted by molar-refractivity contribution is -0.0494. The van der Waals surface area contributed by atoms with Gasteiger partial charge in [-0.3, -0.25) is 9.69 Å². The molecular weight excluding hydrogens is 330 g/mol. The summed E-state index contributed by atoms with van der Waals surface area (Å²) in [6.45, 7) is 1.51. The number of anilines is 1. The van der Waals surface area contributed by atoms with Crippen molar-refractivity contribution in [2.75, 3.05) is 18.4 Å². The van der Waals surface area contributed by atoms with Gasteiger partial charge in [0.25, 0.3) is 5.91 Å². The van der Waals surface area contributed by atoms with E-state index in [0.717, 1.165) is 18.7 Å². The molecule has 1 N–H and O–H groups in total. The first kappa shape index (κ1) is 17.4. The van der Waals surface area contributed by atoms with E-state index in [2.05, 4.69) is 15.0 Å². The first-order valence-corrected chi connectivity index (χ1v) is 8.19. The van der Waals surface area contributed by atoms with Gasteiger partial charge in [0.05, 0.1) is 12.2 Å². The summed E-state index contributed by atoms with van der Waals surface area (Å²) in [4.78, 5) is 14.6. The highest BCUT2D eigenvalue weighted by Gasteiger charge is 2.18. The largest absolute Gasteiger partial charge is 0.455 e. The Morgan fingerprint density at radius 3 is 2.76 bits per heavy atom. The number of hydrogen-bond donors (Lipinski definition) is 1. The molecule has 1 fully saturated rings. The molecule has 0 atom stereocenters. The number of alkyl halides is 2. The maximum absolute atomic E-state index is 12.5. The number of aryl methyl sites for hydroxylation is 1. The van der Waals surface area contributed by atoms with Crippen LogP contribution in [0.2, 0.25) is 0 Å². The summed E-state index contributed by atoms with van der Waals surface area (Å²) in [5.74, 6) is 0.264. The molecule has 7 heteroatoms. The van der Waals surface area contributed by atoms with Crippen molar-refractivity contribution < 1.29 is 22.7 Å². The zero-order valence-corrected chi connectivity index (χ0v) is 13.9. The molecule has 0 spiro atoms. The second kappa shape index (κ2) is 7.65. The van der Waals surface area contributed by atoms with E-state index in [-0.39, 0.29) is 17.2 Å². The van der Waals surface area contributed by atoms with Gasteiger partial charge in [-0.05, 0) is 62.7 Å². The molecule has 3 rings (SSSR count). The first-order valence-electron chi connectivity index (χ1n) is 8.19. The molecule has 1 aliphatic heterocycles. The quantitative estimate of drug-likeness (QED) is 0.854. The molecular formula is C18H20F2N2O3. The second-order valence-corrected chi connectivity index (χ2v) is 6.08. The number of nitrogens with zero attached hydrogens (tertiary/aromatic N) is 1. The molecule has 5 nitrogen and oxygen atoms in total. The lowest BCUT2D eigenvalue weighted by Gasteiger charge is -2.12. The molecule has 0 aliphatic carbocycles. The molecule has 1 aromatic carbocycles. The predicted octanol–water partition coefficient (Wildman–Crippen LogP) is 4.04. The van der Waals surface area contributed by atoms with Crippen LogP contribution in [0.3, 0.4) is 0 Å². The Labute approximate surface area is 144 Å². The Morgan fingerprint density at radius 2 is 2.04 bits per heavy atom. The van der Waals surface area contributed by atoms with Crippen molar-refractivity contribution in [1.29, 1.82) is 0 Å². The van der Waals surface area contributed by atoms with Crippen molar-refractivity contribution in [3.63, 3.8) is 0 Å². The van der Waals surface area contributed by atoms with Crippen LogP contribution in [-0.2, 0) is 6.54 Å². The van der Waals surface area contributed by atoms with Gasteiger partial charge in [-0.1, -0.05) is 6.07 Å². The maximum atomic E-state index is 12.5. The van der Waals surface area contributed by atoms with E-state index < -0.39 is 12.5 Å². The van der Waals surface area contributed by atoms with Crippen molar-refractivity contribution in [2.24, 2.45) is 0 Å². The van der Waals surface area contributed by atoms with E-state index in [9.17, 15) is 13.6 Å². The monoisotopic (exact) mass is 350 g/mol. The molecule has 1 aliphatic rings. The SMILES string of the molecule is Cc1ccc(NC(=O)c2ccc(CN3CCCC3)o2)c(OC(F)F)c1. The molecule has 134 valence electrons. The fourth-order valence-electron chi connectivity index (χ4n) is 2.86. The van der Waals surface area contributed by atoms with E-state index in [1.165, 1.54) is 25.0 Å². The zero-order valence-electron chi connectivity index (χ0n) is 13.9. The average Bonchev–Trinajstić information content (AvgIpc) is 3.22. The molecule has 0 saturated carbocycles. The van der Waals surface area contributed by atoms with Gasteiger partial charge in [0, 0.05) is 0 Å². The van der Waals surface area contributed by atoms with Crippen LogP contribution >= 0.6 is 0 Å². The summed E-state index contributed by atoms with van der Waals surface area (Å²) in [6, 6.07) is 8.03. The van der Waals surface area contributed by atoms with Gasteiger partial charge in [0.2, 0.25) is 0 Å². The van der Waals surface area contributed by atoms with Gasteiger partial charge in [0.15, 0.2) is 5.76 Å². The number of carbonyl (C=O) groups is 1. The summed E-state index contributed by atoms with van der Waals surface area (Å²) in [5, 5.41) is 2.56. The lowest BCUT2D eigenvalue weighted by atomic mass is 10.2. The van der Waals surface area contributed by atoms with Crippen LogP contribution in [0.15, 0.2) is 34.7 Å². The Bertz CT molecular complexity index is 740. The summed E-state index contributed by atoms with van der Waals surface area (Å²) in [6.07, 6.45) is 2.35. The minimum atomic E-state index is -2.96. The number of ether oxygens (including phenoxy) is 1. The van der Waals surface area contributed by atoms with Crippen LogP contribution in [-0.4, -0.2) is 30.5 Å². The summed E-state index contributed by atoms with van der Waals surface area (Å²) in [5.41, 5.74) is 0.924. The van der Waals surface area contributed by atoms with Gasteiger partial charge in [-0.15, -0.1) is 0 Å². The van der Waals surface area contributed by atoms with Crippen molar-refractivity contribution in [2.45, 2.75) is 32.9 Å².